The van der Waals surface area contributed by atoms with Gasteiger partial charge in [-0.25, -0.2) is 0 Å². The van der Waals surface area contributed by atoms with Gasteiger partial charge in [-0.2, -0.15) is 8.42 Å². The Kier molecular flexibility index (Phi) is 6.80. The summed E-state index contributed by atoms with van der Waals surface area (Å²) in [5, 5.41) is 8.77. The summed E-state index contributed by atoms with van der Waals surface area (Å²) in [5.74, 6) is 0. The summed E-state index contributed by atoms with van der Waals surface area (Å²) >= 11 is 0. The molecule has 1 aromatic carbocycles. The number of hydrogen-bond acceptors (Lipinski definition) is 3. The Balaban J connectivity index is 0.000000211. The van der Waals surface area contributed by atoms with E-state index < -0.39 is 10.1 Å². The van der Waals surface area contributed by atoms with Gasteiger partial charge >= 0.3 is 0 Å². The van der Waals surface area contributed by atoms with Crippen LogP contribution in [0.4, 0.5) is 0 Å². The zero-order valence-corrected chi connectivity index (χ0v) is 13.6. The van der Waals surface area contributed by atoms with Crippen molar-refractivity contribution >= 4 is 10.1 Å². The third-order valence-corrected chi connectivity index (χ3v) is 4.72. The largest absolute Gasteiger partial charge is 0.391 e. The van der Waals surface area contributed by atoms with Crippen LogP contribution in [0.25, 0.3) is 0 Å². The molecule has 1 fully saturated rings. The van der Waals surface area contributed by atoms with Crippen molar-refractivity contribution in [1.82, 2.24) is 0 Å². The van der Waals surface area contributed by atoms with Gasteiger partial charge < -0.3 is 9.59 Å². The molecule has 0 radical (unpaired) electrons. The van der Waals surface area contributed by atoms with Crippen molar-refractivity contribution < 1.29 is 22.6 Å². The topological polar surface area (TPSA) is 74.6 Å². The maximum absolute atomic E-state index is 10.5. The number of quaternary nitrogens is 1. The van der Waals surface area contributed by atoms with Crippen molar-refractivity contribution in [1.29, 1.82) is 0 Å². The van der Waals surface area contributed by atoms with Gasteiger partial charge in [0.05, 0.1) is 31.6 Å². The molecule has 0 bridgehead atoms. The van der Waals surface area contributed by atoms with Crippen molar-refractivity contribution in [3.63, 3.8) is 0 Å². The Bertz CT molecular complexity index is 514. The highest BCUT2D eigenvalue weighted by Gasteiger charge is 2.23. The molecule has 0 saturated carbocycles. The number of likely N-dealkylation sites (N-methyl/N-ethyl adjacent to an activating group) is 1. The molecule has 1 heterocycles. The van der Waals surface area contributed by atoms with Crippen LogP contribution in [-0.4, -0.2) is 55.8 Å². The normalized spacial score (nSPS) is 17.7. The molecule has 2 N–H and O–H groups in total. The highest BCUT2D eigenvalue weighted by Crippen LogP contribution is 2.14. The first-order valence-corrected chi connectivity index (χ1v) is 8.69. The quantitative estimate of drug-likeness (QED) is 0.659. The molecule has 0 aliphatic carbocycles. The monoisotopic (exact) mass is 316 g/mol. The van der Waals surface area contributed by atoms with Crippen molar-refractivity contribution in [2.75, 3.05) is 33.3 Å². The summed E-state index contributed by atoms with van der Waals surface area (Å²) in [6.45, 7) is 5.66. The predicted octanol–water partition coefficient (Wildman–Crippen LogP) is 1.85. The Morgan fingerprint density at radius 1 is 1.10 bits per heavy atom. The Labute approximate surface area is 127 Å². The maximum atomic E-state index is 10.5. The van der Waals surface area contributed by atoms with E-state index in [9.17, 15) is 8.42 Å². The fourth-order valence-corrected chi connectivity index (χ4v) is 2.93. The summed E-state index contributed by atoms with van der Waals surface area (Å²) < 4.78 is 30.6. The first-order chi connectivity index (χ1) is 9.77. The summed E-state index contributed by atoms with van der Waals surface area (Å²) in [5.41, 5.74) is 0.956. The third-order valence-electron chi connectivity index (χ3n) is 3.85. The van der Waals surface area contributed by atoms with Gasteiger partial charge in [0, 0.05) is 0 Å². The van der Waals surface area contributed by atoms with Crippen molar-refractivity contribution in [2.45, 2.75) is 31.1 Å². The summed E-state index contributed by atoms with van der Waals surface area (Å²) in [6.07, 6.45) is 4.08. The molecule has 0 amide bonds. The van der Waals surface area contributed by atoms with E-state index in [0.717, 1.165) is 16.6 Å². The van der Waals surface area contributed by atoms with Crippen LogP contribution in [0, 0.1) is 6.92 Å². The van der Waals surface area contributed by atoms with Crippen molar-refractivity contribution in [3.8, 4) is 0 Å². The van der Waals surface area contributed by atoms with Crippen LogP contribution in [0.15, 0.2) is 29.2 Å². The second kappa shape index (κ2) is 7.89. The van der Waals surface area contributed by atoms with Crippen LogP contribution < -0.4 is 0 Å². The van der Waals surface area contributed by atoms with Crippen LogP contribution in [0.3, 0.4) is 0 Å². The van der Waals surface area contributed by atoms with Gasteiger partial charge in [-0.3, -0.25) is 4.55 Å². The van der Waals surface area contributed by atoms with Gasteiger partial charge in [-0.05, 0) is 38.3 Å². The molecular formula is C15H26NO4S+. The highest BCUT2D eigenvalue weighted by atomic mass is 32.2. The average Bonchev–Trinajstić information content (AvgIpc) is 2.39. The predicted molar refractivity (Wildman–Crippen MR) is 82.7 cm³/mol. The smallest absolute Gasteiger partial charge is 0.294 e. The van der Waals surface area contributed by atoms with Crippen molar-refractivity contribution in [2.24, 2.45) is 0 Å². The summed E-state index contributed by atoms with van der Waals surface area (Å²) in [7, 11) is -1.77. The van der Waals surface area contributed by atoms with E-state index in [1.807, 2.05) is 6.92 Å². The van der Waals surface area contributed by atoms with Gasteiger partial charge in [0.15, 0.2) is 0 Å². The Hall–Kier alpha value is -0.950. The molecule has 6 heteroatoms. The molecule has 0 unspecified atom stereocenters. The van der Waals surface area contributed by atoms with E-state index >= 15 is 0 Å². The van der Waals surface area contributed by atoms with Crippen molar-refractivity contribution in [3.05, 3.63) is 29.8 Å². The van der Waals surface area contributed by atoms with Gasteiger partial charge in [0.25, 0.3) is 10.1 Å². The SMILES string of the molecule is C[N+]1(CCO)CCCCC1.Cc1ccc(S(=O)(=O)O)cc1. The molecule has 0 spiro atoms. The van der Waals surface area contributed by atoms with Crippen LogP contribution in [0.1, 0.15) is 24.8 Å². The molecule has 2 rings (SSSR count). The zero-order valence-electron chi connectivity index (χ0n) is 12.8. The lowest BCUT2D eigenvalue weighted by atomic mass is 10.1. The zero-order chi connectivity index (χ0) is 15.9. The summed E-state index contributed by atoms with van der Waals surface area (Å²) in [4.78, 5) is -0.0666. The number of piperidine rings is 1. The molecule has 1 aliphatic heterocycles. The van der Waals surface area contributed by atoms with E-state index in [4.69, 9.17) is 9.66 Å². The second-order valence-corrected chi connectivity index (χ2v) is 7.28. The average molecular weight is 316 g/mol. The molecule has 0 aromatic heterocycles. The number of benzene rings is 1. The molecule has 0 atom stereocenters. The highest BCUT2D eigenvalue weighted by molar-refractivity contribution is 7.85. The maximum Gasteiger partial charge on any atom is 0.294 e. The van der Waals surface area contributed by atoms with E-state index in [0.29, 0.717) is 6.61 Å². The van der Waals surface area contributed by atoms with Crippen LogP contribution >= 0.6 is 0 Å². The number of likely N-dealkylation sites (tertiary alicyclic amines) is 1. The molecule has 120 valence electrons. The molecular weight excluding hydrogens is 290 g/mol. The number of aryl methyl sites for hydroxylation is 1. The molecule has 1 aliphatic rings. The standard InChI is InChI=1S/C8H18NO.C7H8O3S/c1-9(7-8-10)5-3-2-4-6-9;1-6-2-4-7(5-3-6)11(8,9)10/h10H,2-8H2,1H3;2-5H,1H3,(H,8,9,10)/q+1;. The first-order valence-electron chi connectivity index (χ1n) is 7.25. The van der Waals surface area contributed by atoms with Gasteiger partial charge in [0.2, 0.25) is 0 Å². The minimum atomic E-state index is -4.02. The van der Waals surface area contributed by atoms with E-state index in [-0.39, 0.29) is 4.90 Å². The second-order valence-electron chi connectivity index (χ2n) is 5.86. The Morgan fingerprint density at radius 2 is 1.62 bits per heavy atom. The molecule has 1 aromatic rings. The van der Waals surface area contributed by atoms with E-state index in [2.05, 4.69) is 7.05 Å². The van der Waals surface area contributed by atoms with Crippen LogP contribution in [0.5, 0.6) is 0 Å². The lowest BCUT2D eigenvalue weighted by Crippen LogP contribution is -2.49. The van der Waals surface area contributed by atoms with Gasteiger partial charge in [-0.15, -0.1) is 0 Å². The minimum Gasteiger partial charge on any atom is -0.391 e. The number of aliphatic hydroxyl groups is 1. The summed E-state index contributed by atoms with van der Waals surface area (Å²) in [6, 6.07) is 5.99. The number of hydrogen-bond donors (Lipinski definition) is 2. The van der Waals surface area contributed by atoms with E-state index in [1.165, 1.54) is 44.5 Å². The first kappa shape index (κ1) is 18.1. The number of aliphatic hydroxyl groups excluding tert-OH is 1. The van der Waals surface area contributed by atoms with Gasteiger partial charge in [0.1, 0.15) is 6.54 Å². The minimum absolute atomic E-state index is 0.0666. The molecule has 1 saturated heterocycles. The fraction of sp³-hybridized carbons (Fsp3) is 0.600. The Morgan fingerprint density at radius 3 is 2.05 bits per heavy atom. The number of nitrogens with zero attached hydrogens (tertiary/aromatic N) is 1. The number of rotatable bonds is 3. The lowest BCUT2D eigenvalue weighted by molar-refractivity contribution is -0.914. The van der Waals surface area contributed by atoms with E-state index in [1.54, 1.807) is 12.1 Å². The van der Waals surface area contributed by atoms with Crippen LogP contribution in [0.2, 0.25) is 0 Å². The van der Waals surface area contributed by atoms with Gasteiger partial charge in [-0.1, -0.05) is 17.7 Å². The molecule has 21 heavy (non-hydrogen) atoms. The third kappa shape index (κ3) is 6.56. The molecule has 5 nitrogen and oxygen atoms in total. The van der Waals surface area contributed by atoms with Crippen LogP contribution in [-0.2, 0) is 10.1 Å². The fourth-order valence-electron chi connectivity index (χ4n) is 2.45. The lowest BCUT2D eigenvalue weighted by Gasteiger charge is -2.37.